The average molecular weight is 562 g/mol. The van der Waals surface area contributed by atoms with Crippen molar-refractivity contribution in [3.8, 4) is 11.1 Å². The lowest BCUT2D eigenvalue weighted by Crippen LogP contribution is -2.09. The molecule has 44 heavy (non-hydrogen) atoms. The van der Waals surface area contributed by atoms with Crippen molar-refractivity contribution in [1.82, 2.24) is 0 Å². The molecule has 9 aromatic rings. The third-order valence-electron chi connectivity index (χ3n) is 8.82. The van der Waals surface area contributed by atoms with Crippen LogP contribution >= 0.6 is 0 Å². The Hall–Kier alpha value is -5.86. The van der Waals surface area contributed by atoms with E-state index in [1.807, 2.05) is 0 Å². The molecule has 0 fully saturated rings. The Morgan fingerprint density at radius 3 is 1.80 bits per heavy atom. The fourth-order valence-electron chi connectivity index (χ4n) is 6.70. The van der Waals surface area contributed by atoms with Crippen LogP contribution < -0.4 is 4.90 Å². The predicted octanol–water partition coefficient (Wildman–Crippen LogP) is 12.2. The van der Waals surface area contributed by atoms with Gasteiger partial charge in [0.25, 0.3) is 0 Å². The normalized spacial score (nSPS) is 11.6. The van der Waals surface area contributed by atoms with Crippen LogP contribution in [0.3, 0.4) is 0 Å². The summed E-state index contributed by atoms with van der Waals surface area (Å²) < 4.78 is 6.35. The summed E-state index contributed by atoms with van der Waals surface area (Å²) in [6.07, 6.45) is 0. The SMILES string of the molecule is c1ccc2cc(N(c3ccc(-c4cccc5ccccc45)cc3)c3ccc4oc5ccc6ccccc6c5c4c3)ccc2c1. The Bertz CT molecular complexity index is 2500. The molecular formula is C42H27NO. The van der Waals surface area contributed by atoms with Crippen LogP contribution in [0.2, 0.25) is 0 Å². The molecule has 9 rings (SSSR count). The van der Waals surface area contributed by atoms with Gasteiger partial charge < -0.3 is 9.32 Å². The molecule has 0 aliphatic rings. The van der Waals surface area contributed by atoms with Gasteiger partial charge in [0, 0.05) is 27.8 Å². The van der Waals surface area contributed by atoms with Crippen LogP contribution in [-0.2, 0) is 0 Å². The Morgan fingerprint density at radius 2 is 0.955 bits per heavy atom. The number of fused-ring (bicyclic) bond motifs is 7. The summed E-state index contributed by atoms with van der Waals surface area (Å²) in [5, 5.41) is 9.64. The molecule has 0 unspecified atom stereocenters. The van der Waals surface area contributed by atoms with Crippen molar-refractivity contribution in [3.63, 3.8) is 0 Å². The zero-order valence-corrected chi connectivity index (χ0v) is 23.9. The third kappa shape index (κ3) is 3.96. The summed E-state index contributed by atoms with van der Waals surface area (Å²) in [7, 11) is 0. The first-order valence-corrected chi connectivity index (χ1v) is 15.0. The molecule has 0 amide bonds. The lowest BCUT2D eigenvalue weighted by Gasteiger charge is -2.26. The smallest absolute Gasteiger partial charge is 0.136 e. The number of anilines is 3. The first-order chi connectivity index (χ1) is 21.8. The van der Waals surface area contributed by atoms with E-state index in [0.29, 0.717) is 0 Å². The van der Waals surface area contributed by atoms with Gasteiger partial charge in [0.15, 0.2) is 0 Å². The summed E-state index contributed by atoms with van der Waals surface area (Å²) in [5.41, 5.74) is 7.54. The van der Waals surface area contributed by atoms with E-state index in [1.165, 1.54) is 43.4 Å². The van der Waals surface area contributed by atoms with Crippen molar-refractivity contribution < 1.29 is 4.42 Å². The van der Waals surface area contributed by atoms with Crippen LogP contribution in [0.25, 0.3) is 65.4 Å². The van der Waals surface area contributed by atoms with E-state index in [-0.39, 0.29) is 0 Å². The Labute approximate surface area is 255 Å². The van der Waals surface area contributed by atoms with Crippen LogP contribution in [0.1, 0.15) is 0 Å². The maximum absolute atomic E-state index is 6.35. The second-order valence-electron chi connectivity index (χ2n) is 11.4. The van der Waals surface area contributed by atoms with Crippen molar-refractivity contribution in [2.45, 2.75) is 0 Å². The van der Waals surface area contributed by atoms with E-state index in [0.717, 1.165) is 39.0 Å². The van der Waals surface area contributed by atoms with E-state index in [2.05, 4.69) is 169 Å². The van der Waals surface area contributed by atoms with E-state index in [9.17, 15) is 0 Å². The lowest BCUT2D eigenvalue weighted by atomic mass is 9.98. The van der Waals surface area contributed by atoms with E-state index in [4.69, 9.17) is 4.42 Å². The summed E-state index contributed by atoms with van der Waals surface area (Å²) in [4.78, 5) is 2.35. The highest BCUT2D eigenvalue weighted by atomic mass is 16.3. The van der Waals surface area contributed by atoms with Crippen LogP contribution in [-0.4, -0.2) is 0 Å². The van der Waals surface area contributed by atoms with Gasteiger partial charge in [-0.3, -0.25) is 0 Å². The van der Waals surface area contributed by atoms with Gasteiger partial charge in [-0.1, -0.05) is 115 Å². The molecule has 0 aliphatic heterocycles. The number of hydrogen-bond donors (Lipinski definition) is 0. The maximum atomic E-state index is 6.35. The number of nitrogens with zero attached hydrogens (tertiary/aromatic N) is 1. The van der Waals surface area contributed by atoms with Gasteiger partial charge >= 0.3 is 0 Å². The van der Waals surface area contributed by atoms with Gasteiger partial charge in [0.2, 0.25) is 0 Å². The summed E-state index contributed by atoms with van der Waals surface area (Å²) >= 11 is 0. The monoisotopic (exact) mass is 561 g/mol. The molecule has 0 radical (unpaired) electrons. The minimum absolute atomic E-state index is 0.893. The fraction of sp³-hybridized carbons (Fsp3) is 0. The van der Waals surface area contributed by atoms with Crippen molar-refractivity contribution in [2.24, 2.45) is 0 Å². The fourth-order valence-corrected chi connectivity index (χ4v) is 6.70. The summed E-state index contributed by atoms with van der Waals surface area (Å²) in [6.45, 7) is 0. The van der Waals surface area contributed by atoms with Gasteiger partial charge in [-0.05, 0) is 92.0 Å². The predicted molar refractivity (Wildman–Crippen MR) is 186 cm³/mol. The van der Waals surface area contributed by atoms with Crippen LogP contribution in [0.5, 0.6) is 0 Å². The van der Waals surface area contributed by atoms with Crippen LogP contribution in [0, 0.1) is 0 Å². The van der Waals surface area contributed by atoms with E-state index >= 15 is 0 Å². The van der Waals surface area contributed by atoms with Gasteiger partial charge in [0.05, 0.1) is 0 Å². The molecule has 0 N–H and O–H groups in total. The topological polar surface area (TPSA) is 16.4 Å². The number of furan rings is 1. The number of hydrogen-bond acceptors (Lipinski definition) is 2. The van der Waals surface area contributed by atoms with Crippen LogP contribution in [0.15, 0.2) is 168 Å². The molecule has 2 nitrogen and oxygen atoms in total. The molecule has 0 atom stereocenters. The Morgan fingerprint density at radius 1 is 0.364 bits per heavy atom. The lowest BCUT2D eigenvalue weighted by molar-refractivity contribution is 0.669. The van der Waals surface area contributed by atoms with Gasteiger partial charge in [-0.15, -0.1) is 0 Å². The number of benzene rings is 8. The molecule has 8 aromatic carbocycles. The summed E-state index contributed by atoms with van der Waals surface area (Å²) in [5.74, 6) is 0. The van der Waals surface area contributed by atoms with Crippen molar-refractivity contribution in [2.75, 3.05) is 4.90 Å². The molecule has 2 heteroatoms. The standard InChI is InChI=1S/C42H27NO/c1-2-11-32-26-34(22-16-28(32)8-1)43(33-20-17-31(18-21-33)37-15-7-12-29-9-3-5-13-36(29)37)35-23-25-40-39(27-35)42-38-14-6-4-10-30(38)19-24-41(42)44-40/h1-27H. The molecule has 206 valence electrons. The Balaban J connectivity index is 1.24. The van der Waals surface area contributed by atoms with Gasteiger partial charge in [-0.2, -0.15) is 0 Å². The van der Waals surface area contributed by atoms with E-state index < -0.39 is 0 Å². The molecule has 0 aliphatic carbocycles. The molecule has 0 saturated heterocycles. The third-order valence-corrected chi connectivity index (χ3v) is 8.82. The second kappa shape index (κ2) is 9.86. The zero-order chi connectivity index (χ0) is 29.0. The molecule has 0 saturated carbocycles. The minimum atomic E-state index is 0.893. The quantitative estimate of drug-likeness (QED) is 0.212. The molecule has 1 aromatic heterocycles. The molecular weight excluding hydrogens is 534 g/mol. The highest BCUT2D eigenvalue weighted by Crippen LogP contribution is 2.42. The minimum Gasteiger partial charge on any atom is -0.456 e. The maximum Gasteiger partial charge on any atom is 0.136 e. The van der Waals surface area contributed by atoms with Crippen LogP contribution in [0.4, 0.5) is 17.1 Å². The number of rotatable bonds is 4. The largest absolute Gasteiger partial charge is 0.456 e. The summed E-state index contributed by atoms with van der Waals surface area (Å²) in [6, 6.07) is 58.6. The van der Waals surface area contributed by atoms with Crippen molar-refractivity contribution >= 4 is 71.3 Å². The highest BCUT2D eigenvalue weighted by molar-refractivity contribution is 6.19. The zero-order valence-electron chi connectivity index (χ0n) is 23.9. The van der Waals surface area contributed by atoms with Gasteiger partial charge in [-0.25, -0.2) is 0 Å². The van der Waals surface area contributed by atoms with Gasteiger partial charge in [0.1, 0.15) is 11.2 Å². The average Bonchev–Trinajstić information content (AvgIpc) is 3.47. The first kappa shape index (κ1) is 24.7. The van der Waals surface area contributed by atoms with E-state index in [1.54, 1.807) is 0 Å². The first-order valence-electron chi connectivity index (χ1n) is 15.0. The van der Waals surface area contributed by atoms with Crippen molar-refractivity contribution in [3.05, 3.63) is 164 Å². The van der Waals surface area contributed by atoms with Crippen molar-refractivity contribution in [1.29, 1.82) is 0 Å². The molecule has 0 spiro atoms. The second-order valence-corrected chi connectivity index (χ2v) is 11.4. The molecule has 1 heterocycles. The highest BCUT2D eigenvalue weighted by Gasteiger charge is 2.17. The molecule has 0 bridgehead atoms. The Kier molecular flexibility index (Phi) is 5.54.